The van der Waals surface area contributed by atoms with E-state index in [0.29, 0.717) is 24.5 Å². The standard InChI is InChI=1S/C9H15N3O2S/c1-6-7(8(10)15)9(12(2)11-6)14-5-3-4-13/h13H,3-5H2,1-2H3,(H2,10,15). The second-order valence-electron chi connectivity index (χ2n) is 3.18. The molecule has 0 bridgehead atoms. The van der Waals surface area contributed by atoms with Gasteiger partial charge in [0.1, 0.15) is 4.99 Å². The summed E-state index contributed by atoms with van der Waals surface area (Å²) in [5, 5.41) is 12.8. The predicted octanol–water partition coefficient (Wildman–Crippen LogP) is 0.124. The van der Waals surface area contributed by atoms with E-state index in [1.54, 1.807) is 11.7 Å². The molecule has 1 aromatic heterocycles. The van der Waals surface area contributed by atoms with Crippen molar-refractivity contribution in [3.05, 3.63) is 11.3 Å². The van der Waals surface area contributed by atoms with Crippen molar-refractivity contribution in [3.63, 3.8) is 0 Å². The fraction of sp³-hybridized carbons (Fsp3) is 0.556. The lowest BCUT2D eigenvalue weighted by Gasteiger charge is -2.07. The Hall–Kier alpha value is -1.14. The fourth-order valence-electron chi connectivity index (χ4n) is 1.32. The number of aryl methyl sites for hydroxylation is 2. The average molecular weight is 229 g/mol. The van der Waals surface area contributed by atoms with E-state index < -0.39 is 0 Å². The molecule has 0 aliphatic rings. The molecule has 0 aromatic carbocycles. The third-order valence-electron chi connectivity index (χ3n) is 1.96. The minimum absolute atomic E-state index is 0.0965. The number of thiocarbonyl (C=S) groups is 1. The number of hydrogen-bond donors (Lipinski definition) is 2. The molecular formula is C9H15N3O2S. The Morgan fingerprint density at radius 1 is 1.67 bits per heavy atom. The van der Waals surface area contributed by atoms with E-state index in [1.165, 1.54) is 0 Å². The largest absolute Gasteiger partial charge is 0.477 e. The summed E-state index contributed by atoms with van der Waals surface area (Å²) < 4.78 is 7.06. The van der Waals surface area contributed by atoms with Crippen LogP contribution in [-0.4, -0.2) is 33.1 Å². The maximum Gasteiger partial charge on any atom is 0.222 e. The van der Waals surface area contributed by atoms with Gasteiger partial charge in [-0.15, -0.1) is 0 Å². The van der Waals surface area contributed by atoms with Crippen LogP contribution >= 0.6 is 12.2 Å². The van der Waals surface area contributed by atoms with Crippen LogP contribution in [0, 0.1) is 6.92 Å². The number of hydrogen-bond acceptors (Lipinski definition) is 4. The van der Waals surface area contributed by atoms with Gasteiger partial charge >= 0.3 is 0 Å². The Labute approximate surface area is 93.8 Å². The third-order valence-corrected chi connectivity index (χ3v) is 2.16. The number of aliphatic hydroxyl groups excluding tert-OH is 1. The Morgan fingerprint density at radius 3 is 2.87 bits per heavy atom. The monoisotopic (exact) mass is 229 g/mol. The molecule has 1 rings (SSSR count). The van der Waals surface area contributed by atoms with Gasteiger partial charge in [-0.25, -0.2) is 4.68 Å². The summed E-state index contributed by atoms with van der Waals surface area (Å²) in [4.78, 5) is 0.277. The van der Waals surface area contributed by atoms with Crippen LogP contribution in [0.25, 0.3) is 0 Å². The highest BCUT2D eigenvalue weighted by Gasteiger charge is 2.16. The molecule has 0 unspecified atom stereocenters. The molecule has 6 heteroatoms. The molecule has 0 saturated heterocycles. The maximum absolute atomic E-state index is 8.64. The molecule has 0 saturated carbocycles. The van der Waals surface area contributed by atoms with Crippen LogP contribution in [0.1, 0.15) is 17.7 Å². The smallest absolute Gasteiger partial charge is 0.222 e. The molecule has 0 aliphatic carbocycles. The fourth-order valence-corrected chi connectivity index (χ4v) is 1.55. The van der Waals surface area contributed by atoms with Gasteiger partial charge in [0, 0.05) is 20.1 Å². The van der Waals surface area contributed by atoms with Gasteiger partial charge in [0.05, 0.1) is 17.9 Å². The van der Waals surface area contributed by atoms with Crippen molar-refractivity contribution >= 4 is 17.2 Å². The third kappa shape index (κ3) is 2.66. The van der Waals surface area contributed by atoms with Gasteiger partial charge in [0.15, 0.2) is 0 Å². The Bertz CT molecular complexity index is 362. The zero-order valence-corrected chi connectivity index (χ0v) is 9.67. The first-order valence-corrected chi connectivity index (χ1v) is 5.05. The number of rotatable bonds is 5. The summed E-state index contributed by atoms with van der Waals surface area (Å²) in [7, 11) is 1.77. The molecule has 0 amide bonds. The minimum atomic E-state index is 0.0965. The highest BCUT2D eigenvalue weighted by Crippen LogP contribution is 2.21. The lowest BCUT2D eigenvalue weighted by Crippen LogP contribution is -2.13. The van der Waals surface area contributed by atoms with Crippen molar-refractivity contribution in [1.82, 2.24) is 9.78 Å². The molecule has 84 valence electrons. The van der Waals surface area contributed by atoms with Crippen molar-refractivity contribution in [2.75, 3.05) is 13.2 Å². The highest BCUT2D eigenvalue weighted by molar-refractivity contribution is 7.80. The van der Waals surface area contributed by atoms with Gasteiger partial charge < -0.3 is 15.6 Å². The van der Waals surface area contributed by atoms with E-state index in [9.17, 15) is 0 Å². The highest BCUT2D eigenvalue weighted by atomic mass is 32.1. The number of nitrogens with zero attached hydrogens (tertiary/aromatic N) is 2. The number of ether oxygens (including phenoxy) is 1. The predicted molar refractivity (Wildman–Crippen MR) is 61.0 cm³/mol. The van der Waals surface area contributed by atoms with Crippen LogP contribution in [0.5, 0.6) is 5.88 Å². The Morgan fingerprint density at radius 2 is 2.33 bits per heavy atom. The summed E-state index contributed by atoms with van der Waals surface area (Å²) in [6, 6.07) is 0. The Kier molecular flexibility index (Phi) is 4.05. The summed E-state index contributed by atoms with van der Waals surface area (Å²) >= 11 is 4.92. The average Bonchev–Trinajstić information content (AvgIpc) is 2.42. The van der Waals surface area contributed by atoms with Gasteiger partial charge in [0.25, 0.3) is 0 Å². The second-order valence-corrected chi connectivity index (χ2v) is 3.62. The van der Waals surface area contributed by atoms with E-state index >= 15 is 0 Å². The van der Waals surface area contributed by atoms with Gasteiger partial charge in [-0.3, -0.25) is 0 Å². The van der Waals surface area contributed by atoms with E-state index in [4.69, 9.17) is 27.8 Å². The lowest BCUT2D eigenvalue weighted by molar-refractivity contribution is 0.223. The molecule has 0 aliphatic heterocycles. The van der Waals surface area contributed by atoms with E-state index in [1.807, 2.05) is 6.92 Å². The van der Waals surface area contributed by atoms with E-state index in [0.717, 1.165) is 5.69 Å². The number of aliphatic hydroxyl groups is 1. The van der Waals surface area contributed by atoms with E-state index in [-0.39, 0.29) is 11.6 Å². The summed E-state index contributed by atoms with van der Waals surface area (Å²) in [6.45, 7) is 2.34. The molecule has 5 nitrogen and oxygen atoms in total. The van der Waals surface area contributed by atoms with Crippen LogP contribution in [0.2, 0.25) is 0 Å². The van der Waals surface area contributed by atoms with Crippen LogP contribution in [-0.2, 0) is 7.05 Å². The van der Waals surface area contributed by atoms with Gasteiger partial charge in [-0.05, 0) is 6.92 Å². The van der Waals surface area contributed by atoms with E-state index in [2.05, 4.69) is 5.10 Å². The number of nitrogens with two attached hydrogens (primary N) is 1. The van der Waals surface area contributed by atoms with Crippen molar-refractivity contribution < 1.29 is 9.84 Å². The molecule has 15 heavy (non-hydrogen) atoms. The van der Waals surface area contributed by atoms with Crippen LogP contribution in [0.15, 0.2) is 0 Å². The molecule has 0 atom stereocenters. The SMILES string of the molecule is Cc1nn(C)c(OCCCO)c1C(N)=S. The summed E-state index contributed by atoms with van der Waals surface area (Å²) in [5.74, 6) is 0.563. The quantitative estimate of drug-likeness (QED) is 0.554. The molecule has 1 heterocycles. The minimum Gasteiger partial charge on any atom is -0.477 e. The molecule has 0 fully saturated rings. The molecule has 0 spiro atoms. The first kappa shape index (κ1) is 11.9. The van der Waals surface area contributed by atoms with Gasteiger partial charge in [-0.2, -0.15) is 5.10 Å². The zero-order chi connectivity index (χ0) is 11.4. The second kappa shape index (κ2) is 5.09. The topological polar surface area (TPSA) is 73.3 Å². The summed E-state index contributed by atoms with van der Waals surface area (Å²) in [5.41, 5.74) is 7.01. The first-order chi connectivity index (χ1) is 7.07. The maximum atomic E-state index is 8.64. The first-order valence-electron chi connectivity index (χ1n) is 4.65. The Balaban J connectivity index is 2.89. The molecule has 3 N–H and O–H groups in total. The van der Waals surface area contributed by atoms with Crippen LogP contribution in [0.3, 0.4) is 0 Å². The van der Waals surface area contributed by atoms with Crippen LogP contribution in [0.4, 0.5) is 0 Å². The van der Waals surface area contributed by atoms with Crippen molar-refractivity contribution in [2.24, 2.45) is 12.8 Å². The molecule has 1 aromatic rings. The van der Waals surface area contributed by atoms with Gasteiger partial charge in [0.2, 0.25) is 5.88 Å². The van der Waals surface area contributed by atoms with Gasteiger partial charge in [-0.1, -0.05) is 12.2 Å². The zero-order valence-electron chi connectivity index (χ0n) is 8.86. The molecule has 0 radical (unpaired) electrons. The normalized spacial score (nSPS) is 10.3. The summed E-state index contributed by atoms with van der Waals surface area (Å²) in [6.07, 6.45) is 0.570. The van der Waals surface area contributed by atoms with Crippen molar-refractivity contribution in [3.8, 4) is 5.88 Å². The van der Waals surface area contributed by atoms with Crippen molar-refractivity contribution in [1.29, 1.82) is 0 Å². The molecular weight excluding hydrogens is 214 g/mol. The number of aromatic nitrogens is 2. The lowest BCUT2D eigenvalue weighted by atomic mass is 10.2. The van der Waals surface area contributed by atoms with Crippen molar-refractivity contribution in [2.45, 2.75) is 13.3 Å². The van der Waals surface area contributed by atoms with Crippen LogP contribution < -0.4 is 10.5 Å².